The molecular formula is C4H3BrCl2O5S3. The Kier molecular flexibility index (Phi) is 6.04. The molecule has 1 aromatic rings. The molecule has 1 N–H and O–H groups in total. The summed E-state index contributed by atoms with van der Waals surface area (Å²) in [6.45, 7) is 0. The topological polar surface area (TPSA) is 88.5 Å². The minimum absolute atomic E-state index is 0.161. The molecular weight excluding hydrogens is 375 g/mol. The fourth-order valence-electron chi connectivity index (χ4n) is 0.454. The van der Waals surface area contributed by atoms with Crippen molar-refractivity contribution in [2.24, 2.45) is 0 Å². The number of rotatable bonds is 1. The molecule has 0 fully saturated rings. The Hall–Kier alpha value is 0.620. The zero-order valence-electron chi connectivity index (χ0n) is 6.59. The van der Waals surface area contributed by atoms with Gasteiger partial charge in [-0.25, -0.2) is 8.42 Å². The first-order valence-corrected chi connectivity index (χ1v) is 9.11. The van der Waals surface area contributed by atoms with Crippen molar-refractivity contribution in [3.63, 3.8) is 0 Å². The van der Waals surface area contributed by atoms with Gasteiger partial charge < -0.3 is 0 Å². The van der Waals surface area contributed by atoms with Crippen molar-refractivity contribution >= 4 is 67.0 Å². The summed E-state index contributed by atoms with van der Waals surface area (Å²) in [5.74, 6) is 0. The van der Waals surface area contributed by atoms with E-state index in [4.69, 9.17) is 23.7 Å². The van der Waals surface area contributed by atoms with Crippen LogP contribution in [0.15, 0.2) is 20.1 Å². The number of thiophene rings is 1. The van der Waals surface area contributed by atoms with Crippen LogP contribution in [0.25, 0.3) is 0 Å². The third-order valence-electron chi connectivity index (χ3n) is 0.806. The third-order valence-corrected chi connectivity index (χ3v) is 5.04. The van der Waals surface area contributed by atoms with Gasteiger partial charge in [0, 0.05) is 25.8 Å². The average Bonchev–Trinajstić information content (AvgIpc) is 2.28. The van der Waals surface area contributed by atoms with E-state index in [0.717, 1.165) is 11.3 Å². The van der Waals surface area contributed by atoms with Crippen LogP contribution >= 0.6 is 48.6 Å². The molecule has 0 atom stereocenters. The van der Waals surface area contributed by atoms with Gasteiger partial charge in [0.05, 0.1) is 0 Å². The monoisotopic (exact) mass is 376 g/mol. The van der Waals surface area contributed by atoms with Gasteiger partial charge in [0.15, 0.2) is 0 Å². The average molecular weight is 378 g/mol. The Bertz CT molecular complexity index is 510. The largest absolute Gasteiger partial charge is 0.353 e. The summed E-state index contributed by atoms with van der Waals surface area (Å²) >= 11 is 4.14. The minimum Gasteiger partial charge on any atom is -0.273 e. The second-order valence-corrected chi connectivity index (χ2v) is 8.43. The van der Waals surface area contributed by atoms with Gasteiger partial charge in [-0.2, -0.15) is 8.42 Å². The van der Waals surface area contributed by atoms with Crippen molar-refractivity contribution in [1.29, 1.82) is 0 Å². The molecule has 1 aromatic heterocycles. The van der Waals surface area contributed by atoms with E-state index in [2.05, 4.69) is 26.6 Å². The molecule has 0 amide bonds. The van der Waals surface area contributed by atoms with Crippen LogP contribution in [-0.4, -0.2) is 21.4 Å². The van der Waals surface area contributed by atoms with Crippen molar-refractivity contribution in [1.82, 2.24) is 0 Å². The van der Waals surface area contributed by atoms with E-state index < -0.39 is 18.4 Å². The molecule has 0 saturated carbocycles. The van der Waals surface area contributed by atoms with Crippen molar-refractivity contribution in [2.45, 2.75) is 4.21 Å². The lowest BCUT2D eigenvalue weighted by Crippen LogP contribution is -1.85. The maximum absolute atomic E-state index is 10.7. The quantitative estimate of drug-likeness (QED) is 0.599. The van der Waals surface area contributed by atoms with E-state index in [1.165, 1.54) is 0 Å². The van der Waals surface area contributed by atoms with Crippen molar-refractivity contribution in [2.75, 3.05) is 0 Å². The highest BCUT2D eigenvalue weighted by atomic mass is 79.9. The summed E-state index contributed by atoms with van der Waals surface area (Å²) in [5, 5.41) is 1.65. The molecule has 1 rings (SSSR count). The zero-order chi connectivity index (χ0) is 12.3. The van der Waals surface area contributed by atoms with E-state index in [1.807, 2.05) is 0 Å². The van der Waals surface area contributed by atoms with Crippen LogP contribution in [0.2, 0.25) is 0 Å². The standard InChI is InChI=1S/C4H2BrClO2S2.ClHO3S/c5-3-1-2-9-4(3)10(6,7)8;1-5(2,3)4/h1-2H;(H,2,3,4). The molecule has 0 aliphatic heterocycles. The van der Waals surface area contributed by atoms with Gasteiger partial charge in [0.25, 0.3) is 9.05 Å². The van der Waals surface area contributed by atoms with E-state index >= 15 is 0 Å². The van der Waals surface area contributed by atoms with E-state index in [0.29, 0.717) is 4.47 Å². The van der Waals surface area contributed by atoms with Crippen LogP contribution < -0.4 is 0 Å². The molecule has 0 unspecified atom stereocenters. The first-order valence-electron chi connectivity index (χ1n) is 2.86. The van der Waals surface area contributed by atoms with Crippen LogP contribution in [0.5, 0.6) is 0 Å². The summed E-state index contributed by atoms with van der Waals surface area (Å²) < 4.78 is 47.2. The molecule has 0 spiro atoms. The molecule has 11 heteroatoms. The molecule has 1 heterocycles. The van der Waals surface area contributed by atoms with E-state index in [9.17, 15) is 8.42 Å². The maximum atomic E-state index is 10.7. The SMILES string of the molecule is O=S(=O)(Cl)c1sccc1Br.O=S(=O)(O)Cl. The Labute approximate surface area is 108 Å². The molecule has 0 aromatic carbocycles. The van der Waals surface area contributed by atoms with Gasteiger partial charge in [-0.1, -0.05) is 0 Å². The Morgan fingerprint density at radius 3 is 1.80 bits per heavy atom. The van der Waals surface area contributed by atoms with Crippen molar-refractivity contribution in [3.05, 3.63) is 15.9 Å². The molecule has 0 aliphatic carbocycles. The van der Waals surface area contributed by atoms with Crippen LogP contribution in [0, 0.1) is 0 Å². The van der Waals surface area contributed by atoms with Gasteiger partial charge in [-0.05, 0) is 27.4 Å². The molecule has 0 saturated heterocycles. The fourth-order valence-corrected chi connectivity index (χ4v) is 3.97. The lowest BCUT2D eigenvalue weighted by molar-refractivity contribution is 0.501. The Balaban J connectivity index is 0.000000336. The van der Waals surface area contributed by atoms with Crippen LogP contribution in [0.3, 0.4) is 0 Å². The smallest absolute Gasteiger partial charge is 0.273 e. The van der Waals surface area contributed by atoms with Gasteiger partial charge in [-0.3, -0.25) is 4.55 Å². The van der Waals surface area contributed by atoms with E-state index in [-0.39, 0.29) is 4.21 Å². The van der Waals surface area contributed by atoms with Gasteiger partial charge in [0.2, 0.25) is 0 Å². The lowest BCUT2D eigenvalue weighted by Gasteiger charge is -1.87. The van der Waals surface area contributed by atoms with Gasteiger partial charge in [0.1, 0.15) is 4.21 Å². The summed E-state index contributed by atoms with van der Waals surface area (Å²) in [5.41, 5.74) is 0. The van der Waals surface area contributed by atoms with Crippen molar-refractivity contribution < 1.29 is 21.4 Å². The summed E-state index contributed by atoms with van der Waals surface area (Å²) in [4.78, 5) is 0. The molecule has 15 heavy (non-hydrogen) atoms. The normalized spacial score (nSPS) is 11.7. The van der Waals surface area contributed by atoms with Gasteiger partial charge >= 0.3 is 9.33 Å². The van der Waals surface area contributed by atoms with Gasteiger partial charge in [-0.15, -0.1) is 11.3 Å². The number of halogens is 3. The Morgan fingerprint density at radius 1 is 1.27 bits per heavy atom. The first kappa shape index (κ1) is 15.6. The fraction of sp³-hybridized carbons (Fsp3) is 0. The molecule has 0 radical (unpaired) electrons. The predicted octanol–water partition coefficient (Wildman–Crippen LogP) is 2.47. The molecule has 0 bridgehead atoms. The van der Waals surface area contributed by atoms with Crippen LogP contribution in [0.4, 0.5) is 0 Å². The second-order valence-electron chi connectivity index (χ2n) is 1.91. The summed E-state index contributed by atoms with van der Waals surface area (Å²) in [7, 11) is 1.37. The minimum atomic E-state index is -4.19. The third kappa shape index (κ3) is 8.43. The maximum Gasteiger partial charge on any atom is 0.353 e. The second kappa shape index (κ2) is 5.80. The molecule has 88 valence electrons. The Morgan fingerprint density at radius 2 is 1.67 bits per heavy atom. The highest BCUT2D eigenvalue weighted by Crippen LogP contribution is 2.29. The lowest BCUT2D eigenvalue weighted by atomic mass is 10.7. The summed E-state index contributed by atoms with van der Waals surface area (Å²) in [6, 6.07) is 1.64. The number of hydrogen-bond acceptors (Lipinski definition) is 5. The van der Waals surface area contributed by atoms with E-state index in [1.54, 1.807) is 11.4 Å². The first-order chi connectivity index (χ1) is 6.52. The highest BCUT2D eigenvalue weighted by molar-refractivity contribution is 9.10. The van der Waals surface area contributed by atoms with Crippen LogP contribution in [-0.2, 0) is 18.4 Å². The predicted molar refractivity (Wildman–Crippen MR) is 62.5 cm³/mol. The zero-order valence-corrected chi connectivity index (χ0v) is 12.1. The highest BCUT2D eigenvalue weighted by Gasteiger charge is 2.14. The van der Waals surface area contributed by atoms with Crippen molar-refractivity contribution in [3.8, 4) is 0 Å². The van der Waals surface area contributed by atoms with Crippen LogP contribution in [0.1, 0.15) is 0 Å². The number of hydrogen-bond donors (Lipinski definition) is 1. The summed E-state index contributed by atoms with van der Waals surface area (Å²) in [6.07, 6.45) is 0. The molecule has 5 nitrogen and oxygen atoms in total. The molecule has 0 aliphatic rings.